The summed E-state index contributed by atoms with van der Waals surface area (Å²) in [4.78, 5) is 55.1. The van der Waals surface area contributed by atoms with E-state index in [2.05, 4.69) is 10.6 Å². The smallest absolute Gasteiger partial charge is 0.408 e. The summed E-state index contributed by atoms with van der Waals surface area (Å²) >= 11 is 1.46. The topological polar surface area (TPSA) is 114 Å². The summed E-state index contributed by atoms with van der Waals surface area (Å²) in [6, 6.07) is 18.1. The predicted molar refractivity (Wildman–Crippen MR) is 166 cm³/mol. The van der Waals surface area contributed by atoms with Gasteiger partial charge in [0.05, 0.1) is 0 Å². The summed E-state index contributed by atoms with van der Waals surface area (Å²) in [6.45, 7) is 5.80. The Balaban J connectivity index is 1.39. The zero-order valence-electron chi connectivity index (χ0n) is 25.1. The zero-order chi connectivity index (χ0) is 31.0. The van der Waals surface area contributed by atoms with Crippen molar-refractivity contribution in [2.24, 2.45) is 5.92 Å². The van der Waals surface area contributed by atoms with Crippen LogP contribution < -0.4 is 10.6 Å². The molecule has 3 heterocycles. The molecule has 0 bridgehead atoms. The van der Waals surface area contributed by atoms with Crippen molar-refractivity contribution >= 4 is 35.6 Å². The summed E-state index contributed by atoms with van der Waals surface area (Å²) in [5, 5.41) is 5.09. The summed E-state index contributed by atoms with van der Waals surface area (Å²) < 4.78 is 11.7. The molecule has 2 saturated heterocycles. The van der Waals surface area contributed by atoms with Gasteiger partial charge in [0.15, 0.2) is 6.10 Å². The third-order valence-electron chi connectivity index (χ3n) is 8.12. The Morgan fingerprint density at radius 3 is 2.20 bits per heavy atom. The lowest BCUT2D eigenvalue weighted by Crippen LogP contribution is -2.70. The van der Waals surface area contributed by atoms with Gasteiger partial charge >= 0.3 is 12.1 Å². The van der Waals surface area contributed by atoms with Crippen molar-refractivity contribution in [2.75, 3.05) is 12.3 Å². The average molecular weight is 616 g/mol. The molecular formula is C34H37N3O6S. The number of benzene rings is 2. The highest BCUT2D eigenvalue weighted by molar-refractivity contribution is 8.00. The number of nitrogens with one attached hydrogen (secondary N) is 2. The highest BCUT2D eigenvalue weighted by atomic mass is 32.2. The number of thioether (sulfide) groups is 1. The maximum Gasteiger partial charge on any atom is 0.408 e. The van der Waals surface area contributed by atoms with Crippen LogP contribution in [0.5, 0.6) is 0 Å². The Kier molecular flexibility index (Phi) is 8.28. The van der Waals surface area contributed by atoms with Crippen molar-refractivity contribution in [1.82, 2.24) is 15.5 Å². The van der Waals surface area contributed by atoms with Gasteiger partial charge in [0.25, 0.3) is 5.91 Å². The second-order valence-corrected chi connectivity index (χ2v) is 13.7. The Labute approximate surface area is 261 Å². The number of allylic oxidation sites excluding steroid dienone is 1. The summed E-state index contributed by atoms with van der Waals surface area (Å²) in [5.41, 5.74) is 3.19. The first kappa shape index (κ1) is 30.0. The highest BCUT2D eigenvalue weighted by Gasteiger charge is 2.55. The van der Waals surface area contributed by atoms with E-state index in [1.165, 1.54) is 16.7 Å². The molecule has 0 spiro atoms. The molecule has 10 heteroatoms. The number of ether oxygens (including phenoxy) is 2. The van der Waals surface area contributed by atoms with Crippen LogP contribution in [0.1, 0.15) is 63.7 Å². The second-order valence-electron chi connectivity index (χ2n) is 12.6. The molecule has 2 aromatic rings. The first-order valence-corrected chi connectivity index (χ1v) is 16.1. The first-order chi connectivity index (χ1) is 21.1. The molecule has 0 unspecified atom stereocenters. The Morgan fingerprint density at radius 1 is 1.02 bits per heavy atom. The van der Waals surface area contributed by atoms with E-state index in [0.29, 0.717) is 42.2 Å². The van der Waals surface area contributed by atoms with Gasteiger partial charge in [-0.15, -0.1) is 11.8 Å². The molecular weight excluding hydrogens is 578 g/mol. The number of carbonyl (C=O) groups is 4. The monoisotopic (exact) mass is 615 g/mol. The van der Waals surface area contributed by atoms with Crippen LogP contribution in [0.15, 0.2) is 83.1 Å². The number of nitrogens with zero attached hydrogens (tertiary/aromatic N) is 1. The number of fused-ring (bicyclic) bond motifs is 1. The van der Waals surface area contributed by atoms with Gasteiger partial charge in [0, 0.05) is 17.9 Å². The number of rotatable bonds is 8. The normalized spacial score (nSPS) is 22.7. The number of amides is 3. The molecule has 1 aliphatic carbocycles. The average Bonchev–Trinajstić information content (AvgIpc) is 3.73. The van der Waals surface area contributed by atoms with E-state index in [-0.39, 0.29) is 11.6 Å². The number of hydrogen-bond donors (Lipinski definition) is 2. The van der Waals surface area contributed by atoms with Gasteiger partial charge in [-0.3, -0.25) is 14.5 Å². The van der Waals surface area contributed by atoms with Crippen molar-refractivity contribution < 1.29 is 28.7 Å². The van der Waals surface area contributed by atoms with E-state index >= 15 is 0 Å². The molecule has 2 aromatic carbocycles. The van der Waals surface area contributed by atoms with Crippen LogP contribution in [-0.2, 0) is 23.9 Å². The fourth-order valence-electron chi connectivity index (χ4n) is 5.87. The number of carbonyl (C=O) groups excluding carboxylic acids is 4. The van der Waals surface area contributed by atoms with Crippen LogP contribution in [0.2, 0.25) is 0 Å². The third kappa shape index (κ3) is 6.26. The van der Waals surface area contributed by atoms with Crippen LogP contribution >= 0.6 is 11.8 Å². The van der Waals surface area contributed by atoms with E-state index in [1.807, 2.05) is 60.7 Å². The van der Waals surface area contributed by atoms with E-state index in [0.717, 1.165) is 29.5 Å². The standard InChI is InChI=1S/C34H37N3O6S/c1-34(2,3)43-33(41)36-26-30(39)37-27(32(40)42-28(21-10-6-4-7-11-21)22-12-8-5-9-13-22)25(19-44-31(26)37)24(18-20-14-15-20)23-16-17-35-29(23)38/h4-13,20,26,28,31H,14-19H2,1-3H3,(H,35,38)(H,36,41)/b24-23+/t26-,31-/m1/s1. The van der Waals surface area contributed by atoms with Crippen LogP contribution in [0, 0.1) is 5.92 Å². The molecule has 3 aliphatic heterocycles. The summed E-state index contributed by atoms with van der Waals surface area (Å²) in [5.74, 6) is -0.349. The minimum Gasteiger partial charge on any atom is -0.448 e. The molecule has 0 radical (unpaired) electrons. The fourth-order valence-corrected chi connectivity index (χ4v) is 7.25. The molecule has 230 valence electrons. The first-order valence-electron chi connectivity index (χ1n) is 15.1. The Morgan fingerprint density at radius 2 is 1.66 bits per heavy atom. The summed E-state index contributed by atoms with van der Waals surface area (Å²) in [6.07, 6.45) is 1.96. The number of esters is 1. The number of hydrogen-bond acceptors (Lipinski definition) is 7. The largest absolute Gasteiger partial charge is 0.448 e. The summed E-state index contributed by atoms with van der Waals surface area (Å²) in [7, 11) is 0. The molecule has 3 fully saturated rings. The minimum atomic E-state index is -0.854. The van der Waals surface area contributed by atoms with Gasteiger partial charge in [-0.2, -0.15) is 0 Å². The number of β-lactam (4-membered cyclic amide) rings is 1. The fraction of sp³-hybridized carbons (Fsp3) is 0.412. The van der Waals surface area contributed by atoms with Crippen LogP contribution in [-0.4, -0.2) is 58.1 Å². The van der Waals surface area contributed by atoms with E-state index in [4.69, 9.17) is 9.47 Å². The molecule has 2 atom stereocenters. The van der Waals surface area contributed by atoms with Crippen LogP contribution in [0.25, 0.3) is 0 Å². The predicted octanol–water partition coefficient (Wildman–Crippen LogP) is 5.00. The Hall–Kier alpha value is -4.05. The molecule has 3 amide bonds. The molecule has 4 aliphatic rings. The SMILES string of the molecule is CC(C)(C)OC(=O)N[C@@H]1C(=O)N2C(C(=O)OC(c3ccccc3)c3ccccc3)=C(/C(CC3CC3)=C3\CCNC3=O)CS[C@H]12. The lowest BCUT2D eigenvalue weighted by molar-refractivity contribution is -0.153. The van der Waals surface area contributed by atoms with Crippen molar-refractivity contribution in [3.05, 3.63) is 94.2 Å². The van der Waals surface area contributed by atoms with Crippen molar-refractivity contribution in [3.8, 4) is 0 Å². The maximum atomic E-state index is 14.4. The van der Waals surface area contributed by atoms with Crippen LogP contribution in [0.4, 0.5) is 4.79 Å². The maximum absolute atomic E-state index is 14.4. The number of alkyl carbamates (subject to hydrolysis) is 1. The Bertz CT molecular complexity index is 1490. The molecule has 0 aromatic heterocycles. The zero-order valence-corrected chi connectivity index (χ0v) is 25.9. The van der Waals surface area contributed by atoms with Gasteiger partial charge in [-0.05, 0) is 74.6 Å². The van der Waals surface area contributed by atoms with Crippen molar-refractivity contribution in [1.29, 1.82) is 0 Å². The van der Waals surface area contributed by atoms with E-state index in [1.54, 1.807) is 20.8 Å². The van der Waals surface area contributed by atoms with Crippen molar-refractivity contribution in [3.63, 3.8) is 0 Å². The highest BCUT2D eigenvalue weighted by Crippen LogP contribution is 2.47. The van der Waals surface area contributed by atoms with Crippen molar-refractivity contribution in [2.45, 2.75) is 69.6 Å². The second kappa shape index (κ2) is 12.1. The van der Waals surface area contributed by atoms with Gasteiger partial charge in [0.2, 0.25) is 5.91 Å². The van der Waals surface area contributed by atoms with Gasteiger partial charge in [-0.1, -0.05) is 60.7 Å². The molecule has 9 nitrogen and oxygen atoms in total. The van der Waals surface area contributed by atoms with E-state index < -0.39 is 41.1 Å². The van der Waals surface area contributed by atoms with Crippen LogP contribution in [0.3, 0.4) is 0 Å². The lowest BCUT2D eigenvalue weighted by atomic mass is 9.91. The van der Waals surface area contributed by atoms with E-state index in [9.17, 15) is 19.2 Å². The van der Waals surface area contributed by atoms with Gasteiger partial charge in [0.1, 0.15) is 22.7 Å². The molecule has 2 N–H and O–H groups in total. The lowest BCUT2D eigenvalue weighted by Gasteiger charge is -2.50. The van der Waals surface area contributed by atoms with Gasteiger partial charge < -0.3 is 20.1 Å². The van der Waals surface area contributed by atoms with Gasteiger partial charge in [-0.25, -0.2) is 9.59 Å². The quantitative estimate of drug-likeness (QED) is 0.244. The molecule has 1 saturated carbocycles. The molecule has 44 heavy (non-hydrogen) atoms. The third-order valence-corrected chi connectivity index (χ3v) is 9.40. The molecule has 6 rings (SSSR count). The minimum absolute atomic E-state index is 0.126.